The minimum atomic E-state index is -3.77. The number of rotatable bonds is 21. The molecule has 8 heteroatoms. The normalized spacial score (nSPS) is 11.6. The maximum atomic E-state index is 12.0. The van der Waals surface area contributed by atoms with Crippen LogP contribution in [-0.2, 0) is 33.3 Å². The Labute approximate surface area is 200 Å². The molecule has 190 valence electrons. The lowest BCUT2D eigenvalue weighted by atomic mass is 10.1. The zero-order valence-electron chi connectivity index (χ0n) is 20.4. The molecule has 0 aliphatic rings. The van der Waals surface area contributed by atoms with Gasteiger partial charge in [0, 0.05) is 6.42 Å². The van der Waals surface area contributed by atoms with Crippen LogP contribution in [0.25, 0.3) is 0 Å². The van der Waals surface area contributed by atoms with Crippen LogP contribution in [-0.4, -0.2) is 54.0 Å². The lowest BCUT2D eigenvalue weighted by molar-refractivity contribution is -0.145. The molecule has 0 radical (unpaired) electrons. The third-order valence-corrected chi connectivity index (χ3v) is 6.45. The average molecular weight is 487 g/mol. The Kier molecular flexibility index (Phi) is 16.9. The number of hydrogen-bond acceptors (Lipinski definition) is 7. The Hall–Kier alpha value is -1.48. The van der Waals surface area contributed by atoms with E-state index in [1.165, 1.54) is 57.1 Å². The molecule has 0 saturated carbocycles. The summed E-state index contributed by atoms with van der Waals surface area (Å²) in [6.45, 7) is 5.37. The van der Waals surface area contributed by atoms with Crippen molar-refractivity contribution in [2.75, 3.05) is 39.6 Å². The highest BCUT2D eigenvalue weighted by molar-refractivity contribution is 7.86. The summed E-state index contributed by atoms with van der Waals surface area (Å²) in [6, 6.07) is 6.47. The van der Waals surface area contributed by atoms with Gasteiger partial charge in [-0.1, -0.05) is 76.0 Å². The summed E-state index contributed by atoms with van der Waals surface area (Å²) < 4.78 is 44.8. The van der Waals surface area contributed by atoms with Crippen LogP contribution >= 0.6 is 0 Å². The largest absolute Gasteiger partial charge is 0.463 e. The van der Waals surface area contributed by atoms with Gasteiger partial charge in [-0.3, -0.25) is 8.98 Å². The maximum Gasteiger partial charge on any atom is 0.305 e. The van der Waals surface area contributed by atoms with Gasteiger partial charge in [0.05, 0.1) is 37.9 Å². The van der Waals surface area contributed by atoms with Gasteiger partial charge in [0.1, 0.15) is 6.61 Å². The monoisotopic (exact) mass is 486 g/mol. The molecule has 0 aromatic heterocycles. The van der Waals surface area contributed by atoms with Gasteiger partial charge < -0.3 is 14.2 Å². The van der Waals surface area contributed by atoms with Crippen molar-refractivity contribution in [3.8, 4) is 0 Å². The van der Waals surface area contributed by atoms with Crippen molar-refractivity contribution in [2.45, 2.75) is 83.0 Å². The van der Waals surface area contributed by atoms with Crippen molar-refractivity contribution in [3.63, 3.8) is 0 Å². The molecule has 0 bridgehead atoms. The highest BCUT2D eigenvalue weighted by Crippen LogP contribution is 2.13. The molecule has 0 N–H and O–H groups in total. The minimum Gasteiger partial charge on any atom is -0.463 e. The van der Waals surface area contributed by atoms with Gasteiger partial charge in [-0.2, -0.15) is 8.42 Å². The Bertz CT molecular complexity index is 717. The van der Waals surface area contributed by atoms with Gasteiger partial charge in [0.25, 0.3) is 10.1 Å². The van der Waals surface area contributed by atoms with Crippen molar-refractivity contribution >= 4 is 16.1 Å². The fourth-order valence-corrected chi connectivity index (χ4v) is 4.06. The van der Waals surface area contributed by atoms with Gasteiger partial charge in [-0.05, 0) is 25.5 Å². The molecule has 0 saturated heterocycles. The summed E-state index contributed by atoms with van der Waals surface area (Å²) in [4.78, 5) is 11.8. The third kappa shape index (κ3) is 15.9. The van der Waals surface area contributed by atoms with E-state index in [2.05, 4.69) is 6.92 Å². The first-order chi connectivity index (χ1) is 16.0. The third-order valence-electron chi connectivity index (χ3n) is 5.12. The molecule has 7 nitrogen and oxygen atoms in total. The predicted molar refractivity (Wildman–Crippen MR) is 129 cm³/mol. The SMILES string of the molecule is CCCCCCCCCCCC(=O)OCCOCCOCCOS(=O)(=O)c1ccc(C)cc1. The number of benzene rings is 1. The van der Waals surface area contributed by atoms with Crippen LogP contribution in [0.5, 0.6) is 0 Å². The van der Waals surface area contributed by atoms with Crippen LogP contribution in [0.4, 0.5) is 0 Å². The molecule has 1 aromatic rings. The van der Waals surface area contributed by atoms with E-state index >= 15 is 0 Å². The van der Waals surface area contributed by atoms with Gasteiger partial charge in [-0.25, -0.2) is 0 Å². The zero-order chi connectivity index (χ0) is 24.2. The number of carbonyl (C=O) groups excluding carboxylic acids is 1. The fraction of sp³-hybridized carbons (Fsp3) is 0.720. The van der Waals surface area contributed by atoms with E-state index in [-0.39, 0.29) is 30.7 Å². The van der Waals surface area contributed by atoms with Crippen molar-refractivity contribution in [3.05, 3.63) is 29.8 Å². The summed E-state index contributed by atoms with van der Waals surface area (Å²) in [6.07, 6.45) is 11.4. The molecule has 0 heterocycles. The Morgan fingerprint density at radius 1 is 0.727 bits per heavy atom. The van der Waals surface area contributed by atoms with Crippen LogP contribution in [0.2, 0.25) is 0 Å². The quantitative estimate of drug-likeness (QED) is 0.134. The Morgan fingerprint density at radius 3 is 1.85 bits per heavy atom. The summed E-state index contributed by atoms with van der Waals surface area (Å²) >= 11 is 0. The maximum absolute atomic E-state index is 12.0. The van der Waals surface area contributed by atoms with Crippen molar-refractivity contribution in [2.24, 2.45) is 0 Å². The summed E-state index contributed by atoms with van der Waals surface area (Å²) in [5, 5.41) is 0. The second kappa shape index (κ2) is 18.9. The standard InChI is InChI=1S/C25H42O7S/c1-3-4-5-6-7-8-9-10-11-12-25(26)31-21-19-29-17-18-30-20-22-32-33(27,28)24-15-13-23(2)14-16-24/h13-16H,3-12,17-22H2,1-2H3. The van der Waals surface area contributed by atoms with E-state index in [9.17, 15) is 13.2 Å². The van der Waals surface area contributed by atoms with Crippen molar-refractivity contribution in [1.82, 2.24) is 0 Å². The Balaban J connectivity index is 1.88. The van der Waals surface area contributed by atoms with E-state index in [0.717, 1.165) is 18.4 Å². The second-order valence-corrected chi connectivity index (χ2v) is 9.73. The molecular formula is C25H42O7S. The predicted octanol–water partition coefficient (Wildman–Crippen LogP) is 5.20. The van der Waals surface area contributed by atoms with E-state index in [4.69, 9.17) is 18.4 Å². The van der Waals surface area contributed by atoms with Crippen molar-refractivity contribution in [1.29, 1.82) is 0 Å². The van der Waals surface area contributed by atoms with E-state index in [0.29, 0.717) is 26.2 Å². The molecule has 1 rings (SSSR count). The zero-order valence-corrected chi connectivity index (χ0v) is 21.2. The molecule has 0 aliphatic carbocycles. The summed E-state index contributed by atoms with van der Waals surface area (Å²) in [5.74, 6) is -0.176. The molecule has 0 spiro atoms. The van der Waals surface area contributed by atoms with E-state index in [1.807, 2.05) is 6.92 Å². The lowest BCUT2D eigenvalue weighted by Crippen LogP contribution is -2.15. The lowest BCUT2D eigenvalue weighted by Gasteiger charge is -2.08. The molecule has 0 aliphatic heterocycles. The highest BCUT2D eigenvalue weighted by atomic mass is 32.2. The van der Waals surface area contributed by atoms with Gasteiger partial charge in [0.15, 0.2) is 0 Å². The first-order valence-electron chi connectivity index (χ1n) is 12.2. The van der Waals surface area contributed by atoms with Crippen LogP contribution in [0, 0.1) is 6.92 Å². The van der Waals surface area contributed by atoms with Gasteiger partial charge in [0.2, 0.25) is 0 Å². The Morgan fingerprint density at radius 2 is 1.24 bits per heavy atom. The first-order valence-corrected chi connectivity index (χ1v) is 13.6. The van der Waals surface area contributed by atoms with Gasteiger partial charge in [-0.15, -0.1) is 0 Å². The number of aryl methyl sites for hydroxylation is 1. The summed E-state index contributed by atoms with van der Waals surface area (Å²) in [5.41, 5.74) is 0.978. The topological polar surface area (TPSA) is 88.1 Å². The number of carbonyl (C=O) groups is 1. The molecule has 0 unspecified atom stereocenters. The van der Waals surface area contributed by atoms with Crippen LogP contribution < -0.4 is 0 Å². The molecular weight excluding hydrogens is 444 g/mol. The van der Waals surface area contributed by atoms with E-state index in [1.54, 1.807) is 12.1 Å². The van der Waals surface area contributed by atoms with Crippen LogP contribution in [0.1, 0.15) is 76.7 Å². The average Bonchev–Trinajstić information content (AvgIpc) is 2.79. The molecule has 0 amide bonds. The number of unbranched alkanes of at least 4 members (excludes halogenated alkanes) is 8. The molecule has 33 heavy (non-hydrogen) atoms. The van der Waals surface area contributed by atoms with Crippen LogP contribution in [0.3, 0.4) is 0 Å². The van der Waals surface area contributed by atoms with Crippen molar-refractivity contribution < 1.29 is 31.6 Å². The molecule has 1 aromatic carbocycles. The van der Waals surface area contributed by atoms with Gasteiger partial charge >= 0.3 is 5.97 Å². The fourth-order valence-electron chi connectivity index (χ4n) is 3.16. The second-order valence-electron chi connectivity index (χ2n) is 8.11. The van der Waals surface area contributed by atoms with E-state index < -0.39 is 10.1 Å². The minimum absolute atomic E-state index is 0.0628. The highest BCUT2D eigenvalue weighted by Gasteiger charge is 2.14. The summed E-state index contributed by atoms with van der Waals surface area (Å²) in [7, 11) is -3.77. The smallest absolute Gasteiger partial charge is 0.305 e. The number of hydrogen-bond donors (Lipinski definition) is 0. The first kappa shape index (κ1) is 29.6. The number of ether oxygens (including phenoxy) is 3. The molecule has 0 atom stereocenters. The number of esters is 1. The molecule has 0 fully saturated rings. The van der Waals surface area contributed by atoms with Crippen LogP contribution in [0.15, 0.2) is 29.2 Å².